The van der Waals surface area contributed by atoms with Gasteiger partial charge in [0.1, 0.15) is 31.6 Å². The number of ether oxygens (including phenoxy) is 2. The average molecular weight is 1160 g/mol. The zero-order chi connectivity index (χ0) is 25.8. The second-order valence-corrected chi connectivity index (χ2v) is 8.97. The van der Waals surface area contributed by atoms with E-state index in [1.807, 2.05) is 0 Å². The molecule has 0 bridgehead atoms. The van der Waals surface area contributed by atoms with Crippen LogP contribution in [0, 0.1) is 28.4 Å². The smallest absolute Gasteiger partial charge is 0.126 e. The van der Waals surface area contributed by atoms with Crippen LogP contribution in [0.4, 0.5) is 0 Å². The fourth-order valence-corrected chi connectivity index (χ4v) is 5.26. The Bertz CT molecular complexity index is 765. The molecule has 0 spiro atoms. The Kier molecular flexibility index (Phi) is 23.3. The molecular weight excluding hydrogens is 1140 g/mol. The molecule has 0 atom stereocenters. The molecule has 15 heteroatoms. The van der Waals surface area contributed by atoms with Crippen LogP contribution in [-0.4, -0.2) is 10.2 Å². The number of aliphatic hydroxyl groups excluding tert-OH is 2. The Morgan fingerprint density at radius 3 is 0.882 bits per heavy atom. The van der Waals surface area contributed by atoms with Crippen molar-refractivity contribution >= 4 is 105 Å². The molecule has 0 saturated carbocycles. The SMILES string of the molecule is CCC.[CH2-]O.[CH2-]O.[CH2-]Oc1c(Cl)c(Cl)c(Sc2c(Cl)c(Cl)c(O[CH2-])c(Cl)c2Cl)c(Cl)c1Cl.[Rf].[Rf]. The summed E-state index contributed by atoms with van der Waals surface area (Å²) in [6, 6.07) is 0. The summed E-state index contributed by atoms with van der Waals surface area (Å²) >= 11 is 50.5. The van der Waals surface area contributed by atoms with Crippen molar-refractivity contribution < 1.29 is 19.7 Å². The number of benzene rings is 2. The first kappa shape index (κ1) is 39.8. The van der Waals surface area contributed by atoms with Gasteiger partial charge < -0.3 is 19.7 Å². The van der Waals surface area contributed by atoms with Crippen molar-refractivity contribution in [2.45, 2.75) is 30.1 Å². The zero-order valence-electron chi connectivity index (χ0n) is 18.1. The molecule has 0 radical (unpaired) electrons. The summed E-state index contributed by atoms with van der Waals surface area (Å²) in [6.45, 7) is 4.25. The summed E-state index contributed by atoms with van der Waals surface area (Å²) < 4.78 is 9.70. The molecule has 0 aliphatic rings. The monoisotopic (exact) mass is 1160 g/mol. The van der Waals surface area contributed by atoms with Crippen molar-refractivity contribution in [2.75, 3.05) is 0 Å². The van der Waals surface area contributed by atoms with E-state index in [1.54, 1.807) is 0 Å². The predicted molar refractivity (Wildman–Crippen MR) is 140 cm³/mol. The zero-order valence-corrected chi connectivity index (χ0v) is 37.8. The molecular formula is C19H18Cl8O4Rf2S-4. The van der Waals surface area contributed by atoms with E-state index in [4.69, 9.17) is 112 Å². The molecule has 0 heterocycles. The average Bonchev–Trinajstić information content (AvgIpc) is 2.80. The maximum absolute atomic E-state index is 6.75. The second kappa shape index (κ2) is 19.9. The third-order valence-corrected chi connectivity index (χ3v) is 7.87. The minimum Gasteiger partial charge on any atom is -0.663 e. The maximum atomic E-state index is 6.75. The Labute approximate surface area is 232 Å². The van der Waals surface area contributed by atoms with Crippen LogP contribution < -0.4 is 9.47 Å². The van der Waals surface area contributed by atoms with Crippen LogP contribution in [0.15, 0.2) is 9.79 Å². The largest absolute Gasteiger partial charge is 0.663 e. The Balaban J connectivity index is -0.000000452. The number of aliphatic hydroxyl groups is 2. The molecule has 2 aromatic carbocycles. The number of hydrogen-bond acceptors (Lipinski definition) is 5. The van der Waals surface area contributed by atoms with Gasteiger partial charge in [-0.2, -0.15) is 14.2 Å². The Morgan fingerprint density at radius 1 is 0.559 bits per heavy atom. The predicted octanol–water partition coefficient (Wildman–Crippen LogP) is 11.1. The minimum atomic E-state index is 0. The maximum Gasteiger partial charge on any atom is 0.126 e. The molecule has 2 aromatic rings. The molecule has 4 nitrogen and oxygen atoms in total. The third-order valence-electron chi connectivity index (χ3n) is 2.86. The van der Waals surface area contributed by atoms with Crippen LogP contribution in [0.3, 0.4) is 0 Å². The van der Waals surface area contributed by atoms with Gasteiger partial charge in [0.2, 0.25) is 0 Å². The third kappa shape index (κ3) is 9.01. The molecule has 0 amide bonds. The summed E-state index contributed by atoms with van der Waals surface area (Å²) in [7, 11) is 11.0. The van der Waals surface area contributed by atoms with Gasteiger partial charge >= 0.3 is 0 Å². The summed E-state index contributed by atoms with van der Waals surface area (Å²) in [5.74, 6) is 0.0773. The van der Waals surface area contributed by atoms with Gasteiger partial charge in [0, 0.05) is 0 Å². The van der Waals surface area contributed by atoms with E-state index in [0.29, 0.717) is 0 Å². The molecule has 0 saturated heterocycles. The van der Waals surface area contributed by atoms with Crippen molar-refractivity contribution in [3.63, 3.8) is 0 Å². The Morgan fingerprint density at radius 2 is 0.735 bits per heavy atom. The fraction of sp³-hybridized carbons (Fsp3) is 0.158. The van der Waals surface area contributed by atoms with Gasteiger partial charge in [-0.15, -0.1) is 0 Å². The standard InChI is InChI=1S/C14H4Cl8O2S.C3H8.2CH3O.2Rf/c1-23-11-3(15)7(19)13(8(20)4(11)16)25-14-9(21)5(17)12(24-2)6(18)10(14)22;1-3-2;2*1-2;;/h1-2H2;3H2,1-2H3;2*2H,1H2;;/q-2;;2*-1;;. The number of hydrogen-bond donors (Lipinski definition) is 2. The van der Waals surface area contributed by atoms with Crippen LogP contribution in [0.5, 0.6) is 11.5 Å². The molecule has 0 unspecified atom stereocenters. The fourth-order valence-electron chi connectivity index (χ4n) is 1.72. The molecule has 0 aliphatic carbocycles. The van der Waals surface area contributed by atoms with Crippen LogP contribution in [0.2, 0.25) is 40.2 Å². The van der Waals surface area contributed by atoms with Gasteiger partial charge in [0.25, 0.3) is 0 Å². The van der Waals surface area contributed by atoms with E-state index in [9.17, 15) is 0 Å². The number of halogens is 8. The number of rotatable bonds is 4. The Hall–Kier alpha value is -1.37. The molecule has 2 N–H and O–H groups in total. The van der Waals surface area contributed by atoms with E-state index in [1.165, 1.54) is 6.42 Å². The molecule has 0 aromatic heterocycles. The first-order valence-corrected chi connectivity index (χ1v) is 11.8. The van der Waals surface area contributed by atoms with Crippen molar-refractivity contribution in [1.29, 1.82) is 0 Å². The van der Waals surface area contributed by atoms with Crippen LogP contribution in [-0.2, 0) is 0 Å². The first-order valence-electron chi connectivity index (χ1n) is 7.95. The minimum absolute atomic E-state index is 0. The quantitative estimate of drug-likeness (QED) is 0.236. The van der Waals surface area contributed by atoms with E-state index < -0.39 is 0 Å². The van der Waals surface area contributed by atoms with Gasteiger partial charge in [-0.05, 0) is 0 Å². The van der Waals surface area contributed by atoms with Gasteiger partial charge in [0.15, 0.2) is 0 Å². The van der Waals surface area contributed by atoms with Gasteiger partial charge in [-0.25, -0.2) is 14.2 Å². The van der Waals surface area contributed by atoms with Gasteiger partial charge in [-0.1, -0.05) is 125 Å². The normalized spacial score (nSPS) is 8.94. The topological polar surface area (TPSA) is 58.9 Å². The van der Waals surface area contributed by atoms with Crippen molar-refractivity contribution in [3.8, 4) is 11.5 Å². The van der Waals surface area contributed by atoms with Crippen LogP contribution in [0.1, 0.15) is 20.3 Å². The van der Waals surface area contributed by atoms with Crippen molar-refractivity contribution in [1.82, 2.24) is 0 Å². The molecule has 188 valence electrons. The molecule has 2 rings (SSSR count). The second-order valence-electron chi connectivity index (χ2n) is 4.93. The summed E-state index contributed by atoms with van der Waals surface area (Å²) in [6.07, 6.45) is 1.25. The van der Waals surface area contributed by atoms with E-state index >= 15 is 0 Å². The first-order chi connectivity index (χ1) is 15.1. The van der Waals surface area contributed by atoms with Crippen LogP contribution in [0.25, 0.3) is 0 Å². The van der Waals surface area contributed by atoms with E-state index in [0.717, 1.165) is 11.8 Å². The summed E-state index contributed by atoms with van der Waals surface area (Å²) in [4.78, 5) is 0.553. The van der Waals surface area contributed by atoms with Crippen LogP contribution >= 0.6 is 105 Å². The van der Waals surface area contributed by atoms with E-state index in [2.05, 4.69) is 42.3 Å². The molecule has 34 heavy (non-hydrogen) atoms. The van der Waals surface area contributed by atoms with Crippen molar-refractivity contribution in [3.05, 3.63) is 68.6 Å². The van der Waals surface area contributed by atoms with Crippen molar-refractivity contribution in [2.24, 2.45) is 0 Å². The summed E-state index contributed by atoms with van der Waals surface area (Å²) in [5, 5.41) is 13.9. The molecule has 0 aliphatic heterocycles. The van der Waals surface area contributed by atoms with Gasteiger partial charge in [0.05, 0.1) is 29.9 Å². The van der Waals surface area contributed by atoms with Gasteiger partial charge in [-0.3, -0.25) is 0 Å². The van der Waals surface area contributed by atoms with E-state index in [-0.39, 0.29) is 61.5 Å². The summed E-state index contributed by atoms with van der Waals surface area (Å²) in [5.41, 5.74) is 0. The molecule has 0 fully saturated rings.